The van der Waals surface area contributed by atoms with Gasteiger partial charge in [0.05, 0.1) is 0 Å². The summed E-state index contributed by atoms with van der Waals surface area (Å²) in [5.41, 5.74) is 0. The summed E-state index contributed by atoms with van der Waals surface area (Å²) in [6, 6.07) is 0. The average molecular weight is 203 g/mol. The van der Waals surface area contributed by atoms with Crippen LogP contribution in [-0.4, -0.2) is 37.0 Å². The van der Waals surface area contributed by atoms with Gasteiger partial charge in [0.1, 0.15) is 0 Å². The highest BCUT2D eigenvalue weighted by Crippen LogP contribution is 1.84. The number of amides is 1. The number of nitrogens with one attached hydrogen (secondary N) is 1. The summed E-state index contributed by atoms with van der Waals surface area (Å²) in [4.78, 5) is 31.0. The van der Waals surface area contributed by atoms with Crippen molar-refractivity contribution >= 4 is 18.0 Å². The van der Waals surface area contributed by atoms with E-state index >= 15 is 0 Å². The third-order valence-corrected chi connectivity index (χ3v) is 0.957. The maximum atomic E-state index is 10.6. The predicted octanol–water partition coefficient (Wildman–Crippen LogP) is -0.516. The van der Waals surface area contributed by atoms with Gasteiger partial charge in [0.15, 0.2) is 0 Å². The van der Waals surface area contributed by atoms with Gasteiger partial charge in [0.2, 0.25) is 6.79 Å². The van der Waals surface area contributed by atoms with Crippen molar-refractivity contribution in [1.82, 2.24) is 5.32 Å². The molecule has 1 amide bonds. The van der Waals surface area contributed by atoms with E-state index in [1.165, 1.54) is 7.05 Å². The number of aliphatic carboxylic acids is 1. The Hall–Kier alpha value is -2.05. The third-order valence-electron chi connectivity index (χ3n) is 0.957. The van der Waals surface area contributed by atoms with Gasteiger partial charge in [-0.15, -0.1) is 0 Å². The van der Waals surface area contributed by atoms with Gasteiger partial charge >= 0.3 is 18.0 Å². The Labute approximate surface area is 79.3 Å². The van der Waals surface area contributed by atoms with Crippen LogP contribution in [0.25, 0.3) is 0 Å². The standard InChI is InChI=1S/C7H9NO6/c1-8-7(12)14-4-13-6(11)3-2-5(9)10/h2-3H,4H2,1H3,(H,8,12)(H,9,10)/b3-2+. The molecule has 0 spiro atoms. The fourth-order valence-electron chi connectivity index (χ4n) is 0.401. The Morgan fingerprint density at radius 2 is 1.93 bits per heavy atom. The van der Waals surface area contributed by atoms with Crippen LogP contribution in [0.4, 0.5) is 4.79 Å². The van der Waals surface area contributed by atoms with Crippen molar-refractivity contribution in [2.75, 3.05) is 13.8 Å². The minimum Gasteiger partial charge on any atom is -0.478 e. The quantitative estimate of drug-likeness (QED) is 0.362. The molecule has 0 aromatic heterocycles. The largest absolute Gasteiger partial charge is 0.478 e. The first kappa shape index (κ1) is 11.9. The number of rotatable bonds is 4. The minimum atomic E-state index is -1.27. The highest BCUT2D eigenvalue weighted by molar-refractivity contribution is 5.90. The van der Waals surface area contributed by atoms with E-state index < -0.39 is 24.8 Å². The monoisotopic (exact) mass is 203 g/mol. The molecule has 0 atom stereocenters. The van der Waals surface area contributed by atoms with E-state index in [-0.39, 0.29) is 0 Å². The van der Waals surface area contributed by atoms with Crippen molar-refractivity contribution in [1.29, 1.82) is 0 Å². The summed E-state index contributed by atoms with van der Waals surface area (Å²) in [6.07, 6.45) is 0.567. The van der Waals surface area contributed by atoms with Gasteiger partial charge in [-0.1, -0.05) is 0 Å². The summed E-state index contributed by atoms with van der Waals surface area (Å²) >= 11 is 0. The minimum absolute atomic E-state index is 0.567. The summed E-state index contributed by atoms with van der Waals surface area (Å²) in [5, 5.41) is 10.2. The Morgan fingerprint density at radius 1 is 1.29 bits per heavy atom. The number of hydrogen-bond acceptors (Lipinski definition) is 5. The zero-order chi connectivity index (χ0) is 11.0. The SMILES string of the molecule is CNC(=O)OCOC(=O)/C=C/C(=O)O. The van der Waals surface area contributed by atoms with Crippen LogP contribution in [0.5, 0.6) is 0 Å². The maximum Gasteiger partial charge on any atom is 0.409 e. The van der Waals surface area contributed by atoms with E-state index in [1.807, 2.05) is 0 Å². The molecule has 2 N–H and O–H groups in total. The molecule has 0 aromatic rings. The van der Waals surface area contributed by atoms with E-state index in [0.29, 0.717) is 12.2 Å². The lowest BCUT2D eigenvalue weighted by atomic mass is 10.5. The molecule has 7 nitrogen and oxygen atoms in total. The van der Waals surface area contributed by atoms with Crippen molar-refractivity contribution < 1.29 is 29.0 Å². The Balaban J connectivity index is 3.65. The van der Waals surface area contributed by atoms with Crippen LogP contribution < -0.4 is 5.32 Å². The second-order valence-electron chi connectivity index (χ2n) is 1.93. The molecular formula is C7H9NO6. The third kappa shape index (κ3) is 6.65. The maximum absolute atomic E-state index is 10.6. The zero-order valence-electron chi connectivity index (χ0n) is 7.35. The van der Waals surface area contributed by atoms with Gasteiger partial charge in [-0.05, 0) is 0 Å². The van der Waals surface area contributed by atoms with Crippen molar-refractivity contribution in [3.8, 4) is 0 Å². The van der Waals surface area contributed by atoms with Gasteiger partial charge < -0.3 is 19.9 Å². The fraction of sp³-hybridized carbons (Fsp3) is 0.286. The van der Waals surface area contributed by atoms with Gasteiger partial charge in [-0.2, -0.15) is 0 Å². The van der Waals surface area contributed by atoms with Crippen LogP contribution in [0.3, 0.4) is 0 Å². The lowest BCUT2D eigenvalue weighted by Crippen LogP contribution is -2.21. The lowest BCUT2D eigenvalue weighted by molar-refractivity contribution is -0.146. The van der Waals surface area contributed by atoms with Gasteiger partial charge in [0.25, 0.3) is 0 Å². The molecule has 0 rings (SSSR count). The number of alkyl carbamates (subject to hydrolysis) is 1. The van der Waals surface area contributed by atoms with Crippen molar-refractivity contribution in [3.63, 3.8) is 0 Å². The second-order valence-corrected chi connectivity index (χ2v) is 1.93. The normalized spacial score (nSPS) is 9.50. The molecule has 0 unspecified atom stereocenters. The van der Waals surface area contributed by atoms with Gasteiger partial charge in [-0.3, -0.25) is 0 Å². The van der Waals surface area contributed by atoms with Crippen LogP contribution in [0.15, 0.2) is 12.2 Å². The van der Waals surface area contributed by atoms with Gasteiger partial charge in [0, 0.05) is 19.2 Å². The summed E-state index contributed by atoms with van der Waals surface area (Å²) in [6.45, 7) is -0.567. The number of carboxylic acid groups (broad SMARTS) is 1. The second kappa shape index (κ2) is 6.46. The van der Waals surface area contributed by atoms with E-state index in [4.69, 9.17) is 5.11 Å². The number of carbonyl (C=O) groups is 3. The number of ether oxygens (including phenoxy) is 2. The topological polar surface area (TPSA) is 102 Å². The highest BCUT2D eigenvalue weighted by atomic mass is 16.7. The molecule has 0 saturated carbocycles. The molecule has 0 aromatic carbocycles. The zero-order valence-corrected chi connectivity index (χ0v) is 7.35. The first-order chi connectivity index (χ1) is 6.56. The molecule has 0 bridgehead atoms. The number of esters is 1. The van der Waals surface area contributed by atoms with Crippen LogP contribution in [-0.2, 0) is 19.1 Å². The molecule has 7 heteroatoms. The highest BCUT2D eigenvalue weighted by Gasteiger charge is 2.00. The molecule has 14 heavy (non-hydrogen) atoms. The number of hydrogen-bond donors (Lipinski definition) is 2. The molecule has 0 radical (unpaired) electrons. The predicted molar refractivity (Wildman–Crippen MR) is 43.3 cm³/mol. The fourth-order valence-corrected chi connectivity index (χ4v) is 0.401. The van der Waals surface area contributed by atoms with Crippen LogP contribution in [0.1, 0.15) is 0 Å². The number of carboxylic acids is 1. The smallest absolute Gasteiger partial charge is 0.409 e. The van der Waals surface area contributed by atoms with E-state index in [1.54, 1.807) is 0 Å². The van der Waals surface area contributed by atoms with E-state index in [9.17, 15) is 14.4 Å². The van der Waals surface area contributed by atoms with Crippen LogP contribution in [0.2, 0.25) is 0 Å². The average Bonchev–Trinajstić information content (AvgIpc) is 2.14. The van der Waals surface area contributed by atoms with Crippen molar-refractivity contribution in [2.24, 2.45) is 0 Å². The van der Waals surface area contributed by atoms with Crippen LogP contribution in [0, 0.1) is 0 Å². The molecule has 0 saturated heterocycles. The number of carbonyl (C=O) groups excluding carboxylic acids is 2. The Kier molecular flexibility index (Phi) is 5.52. The summed E-state index contributed by atoms with van der Waals surface area (Å²) in [5.74, 6) is -2.18. The van der Waals surface area contributed by atoms with Gasteiger partial charge in [-0.25, -0.2) is 14.4 Å². The molecule has 78 valence electrons. The molecule has 0 aliphatic heterocycles. The van der Waals surface area contributed by atoms with Crippen molar-refractivity contribution in [3.05, 3.63) is 12.2 Å². The molecule has 0 aliphatic carbocycles. The molecule has 0 heterocycles. The van der Waals surface area contributed by atoms with E-state index in [0.717, 1.165) is 0 Å². The first-order valence-corrected chi connectivity index (χ1v) is 3.48. The summed E-state index contributed by atoms with van der Waals surface area (Å²) < 4.78 is 8.59. The lowest BCUT2D eigenvalue weighted by Gasteiger charge is -2.02. The van der Waals surface area contributed by atoms with Crippen LogP contribution >= 0.6 is 0 Å². The van der Waals surface area contributed by atoms with Crippen molar-refractivity contribution in [2.45, 2.75) is 0 Å². The Bertz CT molecular complexity index is 259. The molecular weight excluding hydrogens is 194 g/mol. The first-order valence-electron chi connectivity index (χ1n) is 3.48. The molecule has 0 aliphatic rings. The van der Waals surface area contributed by atoms with E-state index in [2.05, 4.69) is 14.8 Å². The Morgan fingerprint density at radius 3 is 2.43 bits per heavy atom. The molecule has 0 fully saturated rings. The summed E-state index contributed by atoms with van der Waals surface area (Å²) in [7, 11) is 1.34.